The van der Waals surface area contributed by atoms with E-state index < -0.39 is 72.6 Å². The average molecular weight is 825 g/mol. The number of guanidine groups is 1. The molecule has 0 radical (unpaired) electrons. The molecule has 0 spiro atoms. The second kappa shape index (κ2) is 20.8. The van der Waals surface area contributed by atoms with E-state index in [1.54, 1.807) is 67.0 Å². The minimum atomic E-state index is -1.51. The van der Waals surface area contributed by atoms with Crippen molar-refractivity contribution >= 4 is 63.8 Å². The first-order valence-corrected chi connectivity index (χ1v) is 19.4. The summed E-state index contributed by atoms with van der Waals surface area (Å²) >= 11 is 1.19. The monoisotopic (exact) mass is 824 g/mol. The largest absolute Gasteiger partial charge is 0.481 e. The number of amides is 4. The molecule has 0 fully saturated rings. The van der Waals surface area contributed by atoms with E-state index in [2.05, 4.69) is 41.2 Å². The normalized spacial score (nSPS) is 12.9. The summed E-state index contributed by atoms with van der Waals surface area (Å²) in [5, 5.41) is 32.6. The second-order valence-electron chi connectivity index (χ2n) is 13.4. The minimum Gasteiger partial charge on any atom is -0.481 e. The quantitative estimate of drug-likeness (QED) is 0.0291. The van der Waals surface area contributed by atoms with Crippen LogP contribution in [0.15, 0.2) is 95.6 Å². The average Bonchev–Trinajstić information content (AvgIpc) is 3.89. The van der Waals surface area contributed by atoms with E-state index in [0.717, 1.165) is 10.9 Å². The lowest BCUT2D eigenvalue weighted by Gasteiger charge is -2.26. The zero-order valence-corrected chi connectivity index (χ0v) is 32.5. The highest BCUT2D eigenvalue weighted by Crippen LogP contribution is 2.22. The van der Waals surface area contributed by atoms with Crippen molar-refractivity contribution in [2.45, 2.75) is 62.7 Å². The number of carboxylic acids is 2. The van der Waals surface area contributed by atoms with Gasteiger partial charge in [-0.05, 0) is 48.6 Å². The van der Waals surface area contributed by atoms with Crippen molar-refractivity contribution in [3.63, 3.8) is 0 Å². The molecule has 19 heteroatoms. The van der Waals surface area contributed by atoms with Crippen LogP contribution in [-0.4, -0.2) is 97.4 Å². The number of benzene rings is 2. The van der Waals surface area contributed by atoms with Crippen LogP contribution in [0.3, 0.4) is 0 Å². The van der Waals surface area contributed by atoms with Crippen molar-refractivity contribution in [2.24, 2.45) is 16.5 Å². The van der Waals surface area contributed by atoms with Crippen molar-refractivity contribution in [1.82, 2.24) is 36.2 Å². The van der Waals surface area contributed by atoms with E-state index in [-0.39, 0.29) is 43.9 Å². The number of hydrogen-bond acceptors (Lipinski definition) is 10. The highest BCUT2D eigenvalue weighted by molar-refractivity contribution is 7.13. The molecule has 0 saturated heterocycles. The third kappa shape index (κ3) is 12.7. The first-order chi connectivity index (χ1) is 28.4. The number of hydrogen-bond donors (Lipinski definition) is 9. The summed E-state index contributed by atoms with van der Waals surface area (Å²) in [6.45, 7) is 0.129. The third-order valence-corrected chi connectivity index (χ3v) is 9.96. The van der Waals surface area contributed by atoms with Crippen molar-refractivity contribution in [3.8, 4) is 10.7 Å². The van der Waals surface area contributed by atoms with Gasteiger partial charge in [-0.3, -0.25) is 33.9 Å². The smallest absolute Gasteiger partial charge is 0.326 e. The van der Waals surface area contributed by atoms with Gasteiger partial charge in [-0.2, -0.15) is 0 Å². The standard InChI is InChI=1S/C40H44N10O8S/c41-40(42)44-18-8-14-27(46-37(56)32-22-59-38(50-32)29-13-6-7-17-43-29)34(53)48-30(20-24-21-45-26-12-5-4-11-25(24)26)36(55)47-28(15-16-33(51)52)35(54)49-31(39(57)58)19-23-9-2-1-3-10-23/h1-7,9-13,17,21-22,27-28,30-31,45H,8,14-16,18-20H2,(H,46,56)(H,47,55)(H,48,53)(H,49,54)(H,51,52)(H,57,58)(H4,41,42,44)/t27-,28+,30+,31-/m1/s1. The number of nitrogens with one attached hydrogen (secondary N) is 5. The summed E-state index contributed by atoms with van der Waals surface area (Å²) in [4.78, 5) is 95.1. The molecule has 3 heterocycles. The van der Waals surface area contributed by atoms with E-state index >= 15 is 0 Å². The summed E-state index contributed by atoms with van der Waals surface area (Å²) in [6, 6.07) is 15.6. The number of fused-ring (bicyclic) bond motifs is 1. The Kier molecular flexibility index (Phi) is 15.2. The van der Waals surface area contributed by atoms with Gasteiger partial charge < -0.3 is 47.9 Å². The molecular formula is C40H44N10O8S. The molecule has 2 aromatic carbocycles. The molecule has 0 aliphatic carbocycles. The van der Waals surface area contributed by atoms with Crippen molar-refractivity contribution in [2.75, 3.05) is 6.54 Å². The molecular weight excluding hydrogens is 781 g/mol. The molecule has 0 bridgehead atoms. The van der Waals surface area contributed by atoms with Crippen LogP contribution >= 0.6 is 11.3 Å². The maximum atomic E-state index is 14.2. The van der Waals surface area contributed by atoms with Gasteiger partial charge in [0.05, 0.1) is 5.69 Å². The molecule has 4 amide bonds. The van der Waals surface area contributed by atoms with Crippen LogP contribution in [-0.2, 0) is 36.8 Å². The Bertz CT molecular complexity index is 2280. The molecule has 18 nitrogen and oxygen atoms in total. The van der Waals surface area contributed by atoms with Crippen LogP contribution in [0.4, 0.5) is 0 Å². The number of carbonyl (C=O) groups is 6. The van der Waals surface area contributed by atoms with Crippen molar-refractivity contribution in [3.05, 3.63) is 107 Å². The van der Waals surface area contributed by atoms with Gasteiger partial charge >= 0.3 is 11.9 Å². The summed E-state index contributed by atoms with van der Waals surface area (Å²) in [5.41, 5.74) is 13.6. The predicted molar refractivity (Wildman–Crippen MR) is 219 cm³/mol. The third-order valence-electron chi connectivity index (χ3n) is 9.10. The van der Waals surface area contributed by atoms with Crippen LogP contribution in [0.1, 0.15) is 47.3 Å². The number of carbonyl (C=O) groups excluding carboxylic acids is 4. The lowest BCUT2D eigenvalue weighted by Crippen LogP contribution is -2.58. The minimum absolute atomic E-state index is 0.0324. The van der Waals surface area contributed by atoms with Gasteiger partial charge in [0.2, 0.25) is 17.7 Å². The van der Waals surface area contributed by atoms with Crippen LogP contribution in [0, 0.1) is 0 Å². The van der Waals surface area contributed by atoms with Gasteiger partial charge in [-0.25, -0.2) is 9.78 Å². The maximum Gasteiger partial charge on any atom is 0.326 e. The lowest BCUT2D eigenvalue weighted by atomic mass is 10.0. The number of rotatable bonds is 21. The predicted octanol–water partition coefficient (Wildman–Crippen LogP) is 1.73. The van der Waals surface area contributed by atoms with Crippen LogP contribution in [0.25, 0.3) is 21.6 Å². The van der Waals surface area contributed by atoms with Crippen LogP contribution < -0.4 is 32.7 Å². The number of thiazole rings is 1. The van der Waals surface area contributed by atoms with Crippen molar-refractivity contribution < 1.29 is 39.0 Å². The molecule has 0 saturated carbocycles. The van der Waals surface area contributed by atoms with E-state index in [9.17, 15) is 39.0 Å². The van der Waals surface area contributed by atoms with Crippen LogP contribution in [0.2, 0.25) is 0 Å². The molecule has 5 rings (SSSR count). The first kappa shape index (κ1) is 43.0. The van der Waals surface area contributed by atoms with Gasteiger partial charge in [0.15, 0.2) is 5.96 Å². The van der Waals surface area contributed by atoms with Gasteiger partial charge in [0.1, 0.15) is 34.9 Å². The van der Waals surface area contributed by atoms with E-state index in [0.29, 0.717) is 21.8 Å². The summed E-state index contributed by atoms with van der Waals surface area (Å²) in [5.74, 6) is -5.99. The highest BCUT2D eigenvalue weighted by Gasteiger charge is 2.32. The molecule has 5 aromatic rings. The van der Waals surface area contributed by atoms with E-state index in [4.69, 9.17) is 11.5 Å². The Morgan fingerprint density at radius 2 is 1.42 bits per heavy atom. The first-order valence-electron chi connectivity index (χ1n) is 18.6. The number of carboxylic acid groups (broad SMARTS) is 2. The number of aliphatic imine (C=N–C) groups is 1. The van der Waals surface area contributed by atoms with Crippen molar-refractivity contribution in [1.29, 1.82) is 0 Å². The Morgan fingerprint density at radius 3 is 2.12 bits per heavy atom. The van der Waals surface area contributed by atoms with E-state index in [1.165, 1.54) is 16.7 Å². The molecule has 3 aromatic heterocycles. The lowest BCUT2D eigenvalue weighted by molar-refractivity contribution is -0.143. The number of pyridine rings is 1. The number of para-hydroxylation sites is 1. The van der Waals surface area contributed by atoms with Gasteiger partial charge in [-0.1, -0.05) is 54.6 Å². The molecule has 308 valence electrons. The SMILES string of the molecule is NC(N)=NCCC[C@@H](NC(=O)c1csc(-c2ccccn2)n1)C(=O)N[C@@H](Cc1c[nH]c2ccccc12)C(=O)N[C@@H](CCC(=O)O)C(=O)N[C@H](Cc1ccccc1)C(=O)O. The fourth-order valence-corrected chi connectivity index (χ4v) is 6.90. The fraction of sp³-hybridized carbons (Fsp3) is 0.275. The second-order valence-corrected chi connectivity index (χ2v) is 14.3. The summed E-state index contributed by atoms with van der Waals surface area (Å²) in [6.07, 6.45) is 2.42. The molecule has 0 unspecified atom stereocenters. The fourth-order valence-electron chi connectivity index (χ4n) is 6.12. The van der Waals surface area contributed by atoms with E-state index in [1.807, 2.05) is 18.2 Å². The topological polar surface area (TPSA) is 297 Å². The number of nitrogens with two attached hydrogens (primary N) is 2. The number of aliphatic carboxylic acids is 2. The van der Waals surface area contributed by atoms with Gasteiger partial charge in [0.25, 0.3) is 5.91 Å². The summed E-state index contributed by atoms with van der Waals surface area (Å²) in [7, 11) is 0. The molecule has 4 atom stereocenters. The Labute approximate surface area is 341 Å². The maximum absolute atomic E-state index is 14.2. The number of aromatic amines is 1. The molecule has 59 heavy (non-hydrogen) atoms. The van der Waals surface area contributed by atoms with Gasteiger partial charge in [0, 0.05) is 54.5 Å². The summed E-state index contributed by atoms with van der Waals surface area (Å²) < 4.78 is 0. The molecule has 11 N–H and O–H groups in total. The highest BCUT2D eigenvalue weighted by atomic mass is 32.1. The van der Waals surface area contributed by atoms with Crippen LogP contribution in [0.5, 0.6) is 0 Å². The van der Waals surface area contributed by atoms with Gasteiger partial charge in [-0.15, -0.1) is 11.3 Å². The Morgan fingerprint density at radius 1 is 0.763 bits per heavy atom. The number of aromatic nitrogens is 3. The molecule has 0 aliphatic rings. The number of nitrogens with zero attached hydrogens (tertiary/aromatic N) is 3. The Hall–Kier alpha value is -7.15. The Balaban J connectivity index is 1.40. The zero-order chi connectivity index (χ0) is 42.3. The number of H-pyrrole nitrogens is 1. The molecule has 0 aliphatic heterocycles. The zero-order valence-electron chi connectivity index (χ0n) is 31.7.